The number of guanidine groups is 1. The van der Waals surface area contributed by atoms with Crippen LogP contribution in [0.5, 0.6) is 0 Å². The van der Waals surface area contributed by atoms with E-state index in [1.165, 1.54) is 5.39 Å². The van der Waals surface area contributed by atoms with E-state index in [0.717, 1.165) is 11.1 Å². The van der Waals surface area contributed by atoms with Crippen molar-refractivity contribution in [2.45, 2.75) is 39.8 Å². The van der Waals surface area contributed by atoms with Crippen LogP contribution in [0.3, 0.4) is 0 Å². The maximum atomic E-state index is 6.22. The number of hydrogen-bond acceptors (Lipinski definition) is 1. The Hall–Kier alpha value is -2.03. The summed E-state index contributed by atoms with van der Waals surface area (Å²) in [5.74, 6) is 0.575. The zero-order valence-corrected chi connectivity index (χ0v) is 12.7. The summed E-state index contributed by atoms with van der Waals surface area (Å²) in [4.78, 5) is 6.78. The van der Waals surface area contributed by atoms with Crippen LogP contribution in [0.1, 0.15) is 27.7 Å². The summed E-state index contributed by atoms with van der Waals surface area (Å²) in [6.07, 6.45) is 0. The van der Waals surface area contributed by atoms with Gasteiger partial charge < -0.3 is 10.6 Å². The third kappa shape index (κ3) is 2.93. The monoisotopic (exact) mass is 269 g/mol. The van der Waals surface area contributed by atoms with Crippen molar-refractivity contribution in [2.75, 3.05) is 0 Å². The zero-order chi connectivity index (χ0) is 14.7. The molecule has 2 aromatic rings. The Balaban J connectivity index is 2.46. The third-order valence-electron chi connectivity index (χ3n) is 3.38. The zero-order valence-electron chi connectivity index (χ0n) is 12.7. The van der Waals surface area contributed by atoms with E-state index < -0.39 is 0 Å². The highest BCUT2D eigenvalue weighted by atomic mass is 15.3. The van der Waals surface area contributed by atoms with Crippen LogP contribution in [0.4, 0.5) is 5.69 Å². The van der Waals surface area contributed by atoms with Crippen LogP contribution in [0.2, 0.25) is 0 Å². The molecule has 2 aromatic carbocycles. The largest absolute Gasteiger partial charge is 0.369 e. The summed E-state index contributed by atoms with van der Waals surface area (Å²) in [6.45, 7) is 8.52. The molecule has 3 heteroatoms. The summed E-state index contributed by atoms with van der Waals surface area (Å²) in [5, 5.41) is 2.31. The second kappa shape index (κ2) is 5.95. The molecule has 0 aliphatic carbocycles. The fourth-order valence-corrected chi connectivity index (χ4v) is 2.61. The first-order chi connectivity index (χ1) is 9.50. The van der Waals surface area contributed by atoms with Gasteiger partial charge in [0.2, 0.25) is 0 Å². The maximum absolute atomic E-state index is 6.22. The molecule has 2 rings (SSSR count). The summed E-state index contributed by atoms with van der Waals surface area (Å²) < 4.78 is 0. The molecule has 0 radical (unpaired) electrons. The number of benzene rings is 2. The van der Waals surface area contributed by atoms with Crippen molar-refractivity contribution >= 4 is 22.4 Å². The molecule has 0 unspecified atom stereocenters. The van der Waals surface area contributed by atoms with Crippen molar-refractivity contribution in [2.24, 2.45) is 10.7 Å². The number of nitrogens with two attached hydrogens (primary N) is 1. The molecule has 0 saturated carbocycles. The van der Waals surface area contributed by atoms with E-state index in [4.69, 9.17) is 5.73 Å². The molecule has 0 aliphatic heterocycles. The van der Waals surface area contributed by atoms with E-state index >= 15 is 0 Å². The van der Waals surface area contributed by atoms with E-state index in [9.17, 15) is 0 Å². The normalized spacial score (nSPS) is 12.4. The molecule has 0 spiro atoms. The van der Waals surface area contributed by atoms with E-state index in [2.05, 4.69) is 55.8 Å². The number of fused-ring (bicyclic) bond motifs is 1. The number of nitrogens with zero attached hydrogens (tertiary/aromatic N) is 2. The quantitative estimate of drug-likeness (QED) is 0.678. The highest BCUT2D eigenvalue weighted by molar-refractivity contribution is 5.95. The molecule has 2 N–H and O–H groups in total. The van der Waals surface area contributed by atoms with Crippen LogP contribution < -0.4 is 5.73 Å². The second-order valence-electron chi connectivity index (χ2n) is 5.56. The average molecular weight is 269 g/mol. The standard InChI is InChI=1S/C17H23N3/c1-12(2)20(13(3)4)17(18)19-16-11-7-9-14-8-5-6-10-15(14)16/h5-13H,1-4H3,(H2,18,19). The van der Waals surface area contributed by atoms with Crippen molar-refractivity contribution < 1.29 is 0 Å². The molecule has 106 valence electrons. The van der Waals surface area contributed by atoms with Crippen molar-refractivity contribution in [3.8, 4) is 0 Å². The minimum absolute atomic E-state index is 0.328. The Morgan fingerprint density at radius 2 is 1.55 bits per heavy atom. The SMILES string of the molecule is CC(C)N(C(N)=Nc1cccc2ccccc12)C(C)C. The van der Waals surface area contributed by atoms with Gasteiger partial charge in [-0.25, -0.2) is 4.99 Å². The van der Waals surface area contributed by atoms with Gasteiger partial charge in [-0.1, -0.05) is 36.4 Å². The Morgan fingerprint density at radius 1 is 0.950 bits per heavy atom. The first kappa shape index (κ1) is 14.4. The molecule has 0 bridgehead atoms. The van der Waals surface area contributed by atoms with E-state index in [0.29, 0.717) is 18.0 Å². The first-order valence-corrected chi connectivity index (χ1v) is 7.11. The summed E-state index contributed by atoms with van der Waals surface area (Å²) in [6, 6.07) is 15.0. The molecule has 0 fully saturated rings. The molecule has 0 amide bonds. The summed E-state index contributed by atoms with van der Waals surface area (Å²) >= 11 is 0. The lowest BCUT2D eigenvalue weighted by atomic mass is 10.1. The maximum Gasteiger partial charge on any atom is 0.196 e. The molecule has 0 atom stereocenters. The van der Waals surface area contributed by atoms with Gasteiger partial charge >= 0.3 is 0 Å². The molecular formula is C17H23N3. The van der Waals surface area contributed by atoms with Crippen molar-refractivity contribution in [1.82, 2.24) is 4.90 Å². The van der Waals surface area contributed by atoms with Crippen LogP contribution in [0, 0.1) is 0 Å². The molecule has 3 nitrogen and oxygen atoms in total. The van der Waals surface area contributed by atoms with E-state index in [-0.39, 0.29) is 0 Å². The third-order valence-corrected chi connectivity index (χ3v) is 3.38. The predicted molar refractivity (Wildman–Crippen MR) is 87.3 cm³/mol. The molecule has 0 heterocycles. The van der Waals surface area contributed by atoms with Gasteiger partial charge in [-0.3, -0.25) is 0 Å². The van der Waals surface area contributed by atoms with Gasteiger partial charge in [-0.05, 0) is 39.1 Å². The second-order valence-corrected chi connectivity index (χ2v) is 5.56. The van der Waals surface area contributed by atoms with Crippen LogP contribution >= 0.6 is 0 Å². The smallest absolute Gasteiger partial charge is 0.196 e. The van der Waals surface area contributed by atoms with E-state index in [1.807, 2.05) is 24.3 Å². The topological polar surface area (TPSA) is 41.6 Å². The Morgan fingerprint density at radius 3 is 2.20 bits per heavy atom. The number of rotatable bonds is 3. The molecule has 0 saturated heterocycles. The first-order valence-electron chi connectivity index (χ1n) is 7.11. The predicted octanol–water partition coefficient (Wildman–Crippen LogP) is 3.90. The fourth-order valence-electron chi connectivity index (χ4n) is 2.61. The van der Waals surface area contributed by atoms with Gasteiger partial charge in [0.05, 0.1) is 5.69 Å². The Labute approximate surface area is 121 Å². The summed E-state index contributed by atoms with van der Waals surface area (Å²) in [7, 11) is 0. The lowest BCUT2D eigenvalue weighted by Crippen LogP contribution is -2.46. The average Bonchev–Trinajstić information content (AvgIpc) is 2.38. The van der Waals surface area contributed by atoms with Gasteiger partial charge in [0, 0.05) is 17.5 Å². The van der Waals surface area contributed by atoms with Crippen LogP contribution in [0.25, 0.3) is 10.8 Å². The fraction of sp³-hybridized carbons (Fsp3) is 0.353. The van der Waals surface area contributed by atoms with Crippen LogP contribution in [0.15, 0.2) is 47.5 Å². The minimum Gasteiger partial charge on any atom is -0.369 e. The van der Waals surface area contributed by atoms with Crippen LogP contribution in [-0.2, 0) is 0 Å². The number of aliphatic imine (C=N–C) groups is 1. The molecular weight excluding hydrogens is 246 g/mol. The highest BCUT2D eigenvalue weighted by Crippen LogP contribution is 2.26. The van der Waals surface area contributed by atoms with Crippen molar-refractivity contribution in [1.29, 1.82) is 0 Å². The van der Waals surface area contributed by atoms with Gasteiger partial charge in [-0.15, -0.1) is 0 Å². The van der Waals surface area contributed by atoms with Gasteiger partial charge in [0.1, 0.15) is 0 Å². The van der Waals surface area contributed by atoms with Crippen LogP contribution in [-0.4, -0.2) is 22.9 Å². The molecule has 20 heavy (non-hydrogen) atoms. The lowest BCUT2D eigenvalue weighted by molar-refractivity contribution is 0.289. The van der Waals surface area contributed by atoms with Gasteiger partial charge in [0.15, 0.2) is 5.96 Å². The lowest BCUT2D eigenvalue weighted by Gasteiger charge is -2.31. The molecule has 0 aliphatic rings. The Bertz CT molecular complexity index is 601. The minimum atomic E-state index is 0.328. The summed E-state index contributed by atoms with van der Waals surface area (Å²) in [5.41, 5.74) is 7.14. The van der Waals surface area contributed by atoms with E-state index in [1.54, 1.807) is 0 Å². The molecule has 0 aromatic heterocycles. The van der Waals surface area contributed by atoms with Crippen molar-refractivity contribution in [3.63, 3.8) is 0 Å². The van der Waals surface area contributed by atoms with Crippen molar-refractivity contribution in [3.05, 3.63) is 42.5 Å². The van der Waals surface area contributed by atoms with Gasteiger partial charge in [0.25, 0.3) is 0 Å². The van der Waals surface area contributed by atoms with Gasteiger partial charge in [-0.2, -0.15) is 0 Å². The Kier molecular flexibility index (Phi) is 4.28. The number of hydrogen-bond donors (Lipinski definition) is 1. The highest BCUT2D eigenvalue weighted by Gasteiger charge is 2.15.